The number of ether oxygens (including phenoxy) is 1. The summed E-state index contributed by atoms with van der Waals surface area (Å²) in [4.78, 5) is 9.13. The topological polar surface area (TPSA) is 35.0 Å². The van der Waals surface area contributed by atoms with E-state index in [0.29, 0.717) is 0 Å². The van der Waals surface area contributed by atoms with Crippen LogP contribution in [0.2, 0.25) is 44.4 Å². The number of aromatic nitrogens is 2. The average Bonchev–Trinajstić information content (AvgIpc) is 2.70. The fraction of sp³-hybridized carbons (Fsp3) is 0.615. The molecule has 3 nitrogen and oxygen atoms in total. The summed E-state index contributed by atoms with van der Waals surface area (Å²) in [6.45, 7) is 15.7. The van der Waals surface area contributed by atoms with E-state index in [0.717, 1.165) is 36.6 Å². The van der Waals surface area contributed by atoms with Gasteiger partial charge in [0.15, 0.2) is 5.82 Å². The number of benzene rings is 1. The molecule has 0 atom stereocenters. The third kappa shape index (κ3) is 10.6. The Morgan fingerprint density at radius 2 is 1.48 bits per heavy atom. The molecule has 0 fully saturated rings. The van der Waals surface area contributed by atoms with E-state index in [1.807, 2.05) is 24.5 Å². The second-order valence-corrected chi connectivity index (χ2v) is 22.3. The van der Waals surface area contributed by atoms with Gasteiger partial charge in [0, 0.05) is 34.1 Å². The first-order valence-electron chi connectivity index (χ1n) is 12.2. The normalized spacial score (nSPS) is 12.2. The van der Waals surface area contributed by atoms with Crippen molar-refractivity contribution in [2.45, 2.75) is 96.3 Å². The summed E-state index contributed by atoms with van der Waals surface area (Å²) in [7, 11) is -1.98. The molecule has 0 saturated heterocycles. The van der Waals surface area contributed by atoms with E-state index >= 15 is 0 Å². The molecule has 172 valence electrons. The van der Waals surface area contributed by atoms with Crippen LogP contribution in [0.15, 0.2) is 36.7 Å². The van der Waals surface area contributed by atoms with Crippen LogP contribution in [-0.4, -0.2) is 32.7 Å². The van der Waals surface area contributed by atoms with Crippen LogP contribution >= 0.6 is 0 Å². The van der Waals surface area contributed by atoms with Crippen molar-refractivity contribution in [2.75, 3.05) is 6.61 Å². The van der Waals surface area contributed by atoms with Crippen LogP contribution < -0.4 is 4.74 Å². The lowest BCUT2D eigenvalue weighted by atomic mass is 10.1. The SMILES string of the molecule is CCCCCCc1cnc(-c2ccc(OCCCC[Si](C)(C)C[Si](C)(C)C)cc2)nc1. The van der Waals surface area contributed by atoms with Gasteiger partial charge in [-0.1, -0.05) is 77.1 Å². The highest BCUT2D eigenvalue weighted by atomic mass is 28.4. The second kappa shape index (κ2) is 12.5. The van der Waals surface area contributed by atoms with E-state index in [4.69, 9.17) is 4.74 Å². The maximum absolute atomic E-state index is 5.98. The summed E-state index contributed by atoms with van der Waals surface area (Å²) in [5.74, 6) is 1.73. The van der Waals surface area contributed by atoms with Crippen molar-refractivity contribution in [1.29, 1.82) is 0 Å². The molecule has 0 saturated carbocycles. The molecule has 0 aliphatic carbocycles. The lowest BCUT2D eigenvalue weighted by molar-refractivity contribution is 0.309. The first kappa shape index (κ1) is 25.8. The molecule has 5 heteroatoms. The third-order valence-corrected chi connectivity index (χ3v) is 15.4. The van der Waals surface area contributed by atoms with Gasteiger partial charge in [0.05, 0.1) is 6.61 Å². The lowest BCUT2D eigenvalue weighted by Crippen LogP contribution is -2.37. The zero-order chi connectivity index (χ0) is 22.7. The zero-order valence-corrected chi connectivity index (χ0v) is 22.8. The molecule has 2 aromatic rings. The zero-order valence-electron chi connectivity index (χ0n) is 20.8. The predicted octanol–water partition coefficient (Wildman–Crippen LogP) is 8.01. The Hall–Kier alpha value is -1.47. The van der Waals surface area contributed by atoms with Gasteiger partial charge in [-0.3, -0.25) is 0 Å². The first-order valence-corrected chi connectivity index (χ1v) is 19.3. The first-order chi connectivity index (χ1) is 14.7. The summed E-state index contributed by atoms with van der Waals surface area (Å²) >= 11 is 0. The minimum Gasteiger partial charge on any atom is -0.494 e. The Morgan fingerprint density at radius 3 is 2.10 bits per heavy atom. The van der Waals surface area contributed by atoms with E-state index in [1.54, 1.807) is 0 Å². The Bertz CT molecular complexity index is 752. The Morgan fingerprint density at radius 1 is 0.806 bits per heavy atom. The predicted molar refractivity (Wildman–Crippen MR) is 140 cm³/mol. The van der Waals surface area contributed by atoms with E-state index in [-0.39, 0.29) is 0 Å². The van der Waals surface area contributed by atoms with Gasteiger partial charge in [-0.2, -0.15) is 0 Å². The monoisotopic (exact) mass is 456 g/mol. The molecule has 0 spiro atoms. The van der Waals surface area contributed by atoms with E-state index < -0.39 is 16.1 Å². The summed E-state index contributed by atoms with van der Waals surface area (Å²) in [5.41, 5.74) is 3.81. The smallest absolute Gasteiger partial charge is 0.159 e. The van der Waals surface area contributed by atoms with E-state index in [1.165, 1.54) is 49.4 Å². The largest absolute Gasteiger partial charge is 0.494 e. The summed E-state index contributed by atoms with van der Waals surface area (Å²) in [6, 6.07) is 9.64. The highest BCUT2D eigenvalue weighted by Crippen LogP contribution is 2.25. The maximum Gasteiger partial charge on any atom is 0.159 e. The van der Waals surface area contributed by atoms with Crippen molar-refractivity contribution in [3.63, 3.8) is 0 Å². The van der Waals surface area contributed by atoms with Crippen LogP contribution in [0.4, 0.5) is 0 Å². The van der Waals surface area contributed by atoms with Crippen LogP contribution in [0.25, 0.3) is 11.4 Å². The van der Waals surface area contributed by atoms with E-state index in [2.05, 4.69) is 61.8 Å². The number of hydrogen-bond acceptors (Lipinski definition) is 3. The fourth-order valence-corrected chi connectivity index (χ4v) is 17.9. The van der Waals surface area contributed by atoms with Gasteiger partial charge in [0.25, 0.3) is 0 Å². The molecule has 2 rings (SSSR count). The molecule has 0 bridgehead atoms. The van der Waals surface area contributed by atoms with E-state index in [9.17, 15) is 0 Å². The summed E-state index contributed by atoms with van der Waals surface area (Å²) < 4.78 is 5.98. The molecule has 31 heavy (non-hydrogen) atoms. The Labute approximate surface area is 193 Å². The fourth-order valence-electron chi connectivity index (χ4n) is 4.51. The molecule has 1 aromatic heterocycles. The number of hydrogen-bond donors (Lipinski definition) is 0. The molecule has 1 heterocycles. The van der Waals surface area contributed by atoms with Crippen molar-refractivity contribution < 1.29 is 4.74 Å². The molecule has 0 radical (unpaired) electrons. The minimum atomic E-state index is -1.04. The molecule has 1 aromatic carbocycles. The van der Waals surface area contributed by atoms with Gasteiger partial charge in [-0.15, -0.1) is 0 Å². The van der Waals surface area contributed by atoms with Crippen molar-refractivity contribution in [3.8, 4) is 17.1 Å². The quantitative estimate of drug-likeness (QED) is 0.213. The van der Waals surface area contributed by atoms with Gasteiger partial charge in [0.2, 0.25) is 0 Å². The van der Waals surface area contributed by atoms with Crippen molar-refractivity contribution >= 4 is 16.1 Å². The molecular formula is C26H44N2OSi2. The van der Waals surface area contributed by atoms with Crippen LogP contribution in [0.3, 0.4) is 0 Å². The average molecular weight is 457 g/mol. The number of rotatable bonds is 14. The maximum atomic E-state index is 5.98. The standard InChI is InChI=1S/C26H44N2OSi2/c1-7-8-9-10-13-23-20-27-26(28-21-23)24-14-16-25(17-15-24)29-18-11-12-19-31(5,6)22-30(2,3)4/h14-17,20-21H,7-13,18-19,22H2,1-6H3. The van der Waals surface area contributed by atoms with Gasteiger partial charge >= 0.3 is 0 Å². The Kier molecular flexibility index (Phi) is 10.4. The second-order valence-electron chi connectivity index (χ2n) is 11.0. The number of unbranched alkanes of at least 4 members (excludes halogenated alkanes) is 4. The summed E-state index contributed by atoms with van der Waals surface area (Å²) in [5, 5.41) is 0. The minimum absolute atomic E-state index is 0.790. The molecule has 0 N–H and O–H groups in total. The molecule has 0 amide bonds. The number of aryl methyl sites for hydroxylation is 1. The van der Waals surface area contributed by atoms with Crippen LogP contribution in [0, 0.1) is 0 Å². The lowest BCUT2D eigenvalue weighted by Gasteiger charge is -2.29. The highest BCUT2D eigenvalue weighted by Gasteiger charge is 2.27. The highest BCUT2D eigenvalue weighted by molar-refractivity contribution is 6.94. The van der Waals surface area contributed by atoms with Gasteiger partial charge < -0.3 is 4.74 Å². The van der Waals surface area contributed by atoms with Crippen molar-refractivity contribution in [1.82, 2.24) is 9.97 Å². The molecule has 0 aliphatic rings. The van der Waals surface area contributed by atoms with Crippen LogP contribution in [0.1, 0.15) is 51.0 Å². The van der Waals surface area contributed by atoms with Crippen molar-refractivity contribution in [3.05, 3.63) is 42.2 Å². The molecular weight excluding hydrogens is 412 g/mol. The summed E-state index contributed by atoms with van der Waals surface area (Å²) in [6.07, 6.45) is 12.6. The van der Waals surface area contributed by atoms with Crippen LogP contribution in [0.5, 0.6) is 5.75 Å². The van der Waals surface area contributed by atoms with Gasteiger partial charge in [-0.25, -0.2) is 9.97 Å². The van der Waals surface area contributed by atoms with Crippen LogP contribution in [-0.2, 0) is 6.42 Å². The Balaban J connectivity index is 1.73. The molecule has 0 unspecified atom stereocenters. The van der Waals surface area contributed by atoms with Gasteiger partial charge in [-0.05, 0) is 49.1 Å². The number of nitrogens with zero attached hydrogens (tertiary/aromatic N) is 2. The van der Waals surface area contributed by atoms with Gasteiger partial charge in [0.1, 0.15) is 5.75 Å². The molecule has 0 aliphatic heterocycles. The third-order valence-electron chi connectivity index (χ3n) is 5.66. The van der Waals surface area contributed by atoms with Crippen molar-refractivity contribution in [2.24, 2.45) is 0 Å².